The third kappa shape index (κ3) is 8.15. The third-order valence-corrected chi connectivity index (χ3v) is 6.26. The summed E-state index contributed by atoms with van der Waals surface area (Å²) < 4.78 is 1.03. The van der Waals surface area contributed by atoms with Crippen LogP contribution in [0.2, 0.25) is 0 Å². The van der Waals surface area contributed by atoms with Crippen molar-refractivity contribution in [1.82, 2.24) is 0 Å². The van der Waals surface area contributed by atoms with Gasteiger partial charge in [0.2, 0.25) is 0 Å². The fraction of sp³-hybridized carbons (Fsp3) is 0.188. The predicted octanol–water partition coefficient (Wildman–Crippen LogP) is 9.24. The van der Waals surface area contributed by atoms with Gasteiger partial charge in [0.15, 0.2) is 5.84 Å². The minimum absolute atomic E-state index is 0.744. The van der Waals surface area contributed by atoms with Gasteiger partial charge in [-0.3, -0.25) is 0 Å². The van der Waals surface area contributed by atoms with Crippen molar-refractivity contribution in [1.29, 1.82) is 0 Å². The summed E-state index contributed by atoms with van der Waals surface area (Å²) in [5.41, 5.74) is 6.43. The number of aliphatic imine (C=N–C) groups is 2. The van der Waals surface area contributed by atoms with Crippen LogP contribution in [0.3, 0.4) is 0 Å². The number of halogens is 1. The van der Waals surface area contributed by atoms with Crippen molar-refractivity contribution in [3.8, 4) is 0 Å². The summed E-state index contributed by atoms with van der Waals surface area (Å²) in [5, 5.41) is 0. The van der Waals surface area contributed by atoms with Gasteiger partial charge in [0.25, 0.3) is 0 Å². The fourth-order valence-corrected chi connectivity index (χ4v) is 4.24. The van der Waals surface area contributed by atoms with E-state index in [1.54, 1.807) is 0 Å². The number of benzene rings is 3. The Kier molecular flexibility index (Phi) is 10.7. The average Bonchev–Trinajstić information content (AvgIpc) is 2.89. The SMILES string of the molecule is C/C=C(C/C=C\Cc1ccccc1)/C(N=C(C)c1ccccc1Br)=N/C(=C/CC)c1ccccc1. The van der Waals surface area contributed by atoms with Crippen LogP contribution in [0, 0.1) is 0 Å². The zero-order valence-corrected chi connectivity index (χ0v) is 22.4. The molecular formula is C32H33BrN2. The highest BCUT2D eigenvalue weighted by atomic mass is 79.9. The smallest absolute Gasteiger partial charge is 0.155 e. The summed E-state index contributed by atoms with van der Waals surface area (Å²) in [4.78, 5) is 10.2. The van der Waals surface area contributed by atoms with E-state index in [0.717, 1.165) is 57.7 Å². The molecule has 3 rings (SSSR count). The first-order valence-electron chi connectivity index (χ1n) is 12.1. The quantitative estimate of drug-likeness (QED) is 0.151. The van der Waals surface area contributed by atoms with E-state index >= 15 is 0 Å². The highest BCUT2D eigenvalue weighted by Gasteiger charge is 2.10. The van der Waals surface area contributed by atoms with E-state index in [1.165, 1.54) is 5.56 Å². The number of hydrogen-bond donors (Lipinski definition) is 0. The van der Waals surface area contributed by atoms with Gasteiger partial charge in [0.05, 0.1) is 5.70 Å². The van der Waals surface area contributed by atoms with E-state index < -0.39 is 0 Å². The minimum atomic E-state index is 0.744. The predicted molar refractivity (Wildman–Crippen MR) is 156 cm³/mol. The Bertz CT molecular complexity index is 1230. The molecule has 0 heterocycles. The van der Waals surface area contributed by atoms with Crippen molar-refractivity contribution >= 4 is 33.2 Å². The molecule has 0 spiro atoms. The molecule has 0 N–H and O–H groups in total. The zero-order chi connectivity index (χ0) is 24.9. The molecule has 178 valence electrons. The van der Waals surface area contributed by atoms with Crippen molar-refractivity contribution in [2.45, 2.75) is 40.0 Å². The first kappa shape index (κ1) is 26.3. The third-order valence-electron chi connectivity index (χ3n) is 5.57. The lowest BCUT2D eigenvalue weighted by Gasteiger charge is -2.11. The lowest BCUT2D eigenvalue weighted by Crippen LogP contribution is -2.06. The summed E-state index contributed by atoms with van der Waals surface area (Å²) >= 11 is 3.67. The molecule has 0 saturated carbocycles. The highest BCUT2D eigenvalue weighted by Crippen LogP contribution is 2.22. The maximum atomic E-state index is 5.11. The van der Waals surface area contributed by atoms with E-state index in [0.29, 0.717) is 0 Å². The molecule has 0 aliphatic heterocycles. The maximum absolute atomic E-state index is 5.11. The summed E-state index contributed by atoms with van der Waals surface area (Å²) in [6, 6.07) is 29.0. The molecule has 0 unspecified atom stereocenters. The van der Waals surface area contributed by atoms with Crippen LogP contribution in [-0.2, 0) is 6.42 Å². The van der Waals surface area contributed by atoms with Crippen molar-refractivity contribution in [3.05, 3.63) is 136 Å². The van der Waals surface area contributed by atoms with Crippen LogP contribution in [-0.4, -0.2) is 11.5 Å². The van der Waals surface area contributed by atoms with Gasteiger partial charge in [-0.15, -0.1) is 0 Å². The zero-order valence-electron chi connectivity index (χ0n) is 20.8. The Hall–Kier alpha value is -3.30. The molecule has 3 aromatic carbocycles. The molecule has 3 heteroatoms. The van der Waals surface area contributed by atoms with Crippen molar-refractivity contribution in [2.24, 2.45) is 9.98 Å². The molecule has 3 aromatic rings. The van der Waals surface area contributed by atoms with Crippen LogP contribution in [0.25, 0.3) is 5.70 Å². The molecule has 0 aliphatic rings. The van der Waals surface area contributed by atoms with Crippen molar-refractivity contribution in [2.75, 3.05) is 0 Å². The van der Waals surface area contributed by atoms with E-state index in [4.69, 9.17) is 9.98 Å². The monoisotopic (exact) mass is 524 g/mol. The molecule has 35 heavy (non-hydrogen) atoms. The average molecular weight is 526 g/mol. The van der Waals surface area contributed by atoms with Crippen LogP contribution in [0.15, 0.2) is 129 Å². The summed E-state index contributed by atoms with van der Waals surface area (Å²) in [6.07, 6.45) is 11.3. The minimum Gasteiger partial charge on any atom is -0.233 e. The Morgan fingerprint density at radius 2 is 1.49 bits per heavy atom. The van der Waals surface area contributed by atoms with Crippen LogP contribution in [0.5, 0.6) is 0 Å². The normalized spacial score (nSPS) is 13.5. The summed E-state index contributed by atoms with van der Waals surface area (Å²) in [7, 11) is 0. The molecule has 0 bridgehead atoms. The number of hydrogen-bond acceptors (Lipinski definition) is 1. The maximum Gasteiger partial charge on any atom is 0.155 e. The molecule has 0 atom stereocenters. The van der Waals surface area contributed by atoms with Crippen molar-refractivity contribution in [3.63, 3.8) is 0 Å². The standard InChI is InChI=1S/C32H33BrN2/c1-4-16-31(28-21-10-7-11-22-28)35-32(34-25(3)29-23-14-15-24-30(29)33)27(5-2)20-13-12-19-26-17-8-6-9-18-26/h5-18,21-24H,4,19-20H2,1-3H3/b13-12-,27-5+,31-16+,34-25?,35-32-. The van der Waals surface area contributed by atoms with Gasteiger partial charge in [0.1, 0.15) is 0 Å². The van der Waals surface area contributed by atoms with Crippen LogP contribution >= 0.6 is 15.9 Å². The Morgan fingerprint density at radius 3 is 2.14 bits per heavy atom. The van der Waals surface area contributed by atoms with Gasteiger partial charge in [-0.25, -0.2) is 9.98 Å². The first-order valence-corrected chi connectivity index (χ1v) is 12.9. The summed E-state index contributed by atoms with van der Waals surface area (Å²) in [6.45, 7) is 6.24. The number of allylic oxidation sites excluding steroid dienone is 4. The number of rotatable bonds is 9. The van der Waals surface area contributed by atoms with Gasteiger partial charge in [-0.05, 0) is 55.9 Å². The second-order valence-electron chi connectivity index (χ2n) is 8.16. The van der Waals surface area contributed by atoms with Crippen LogP contribution in [0.4, 0.5) is 0 Å². The van der Waals surface area contributed by atoms with E-state index in [2.05, 4.69) is 96.5 Å². The molecule has 0 radical (unpaired) electrons. The lowest BCUT2D eigenvalue weighted by atomic mass is 10.1. The molecular weight excluding hydrogens is 492 g/mol. The van der Waals surface area contributed by atoms with Gasteiger partial charge in [-0.2, -0.15) is 0 Å². The van der Waals surface area contributed by atoms with E-state index in [9.17, 15) is 0 Å². The van der Waals surface area contributed by atoms with E-state index in [-0.39, 0.29) is 0 Å². The molecule has 0 aliphatic carbocycles. The first-order chi connectivity index (χ1) is 17.1. The second-order valence-corrected chi connectivity index (χ2v) is 9.01. The fourth-order valence-electron chi connectivity index (χ4n) is 3.67. The van der Waals surface area contributed by atoms with Crippen LogP contribution < -0.4 is 0 Å². The van der Waals surface area contributed by atoms with Crippen molar-refractivity contribution < 1.29 is 0 Å². The number of amidine groups is 1. The van der Waals surface area contributed by atoms with Gasteiger partial charge in [0, 0.05) is 15.7 Å². The van der Waals surface area contributed by atoms with Gasteiger partial charge >= 0.3 is 0 Å². The van der Waals surface area contributed by atoms with Gasteiger partial charge < -0.3 is 0 Å². The highest BCUT2D eigenvalue weighted by molar-refractivity contribution is 9.10. The molecule has 0 aromatic heterocycles. The number of nitrogens with zero attached hydrogens (tertiary/aromatic N) is 2. The van der Waals surface area contributed by atoms with E-state index in [1.807, 2.05) is 49.4 Å². The molecule has 0 amide bonds. The Balaban J connectivity index is 1.97. The molecule has 0 fully saturated rings. The Morgan fingerprint density at radius 1 is 0.829 bits per heavy atom. The lowest BCUT2D eigenvalue weighted by molar-refractivity contribution is 1.20. The van der Waals surface area contributed by atoms with Crippen LogP contribution in [0.1, 0.15) is 50.3 Å². The Labute approximate surface area is 218 Å². The molecule has 0 saturated heterocycles. The molecule has 2 nitrogen and oxygen atoms in total. The topological polar surface area (TPSA) is 24.7 Å². The summed E-state index contributed by atoms with van der Waals surface area (Å²) in [5.74, 6) is 0.744. The van der Waals surface area contributed by atoms with Gasteiger partial charge in [-0.1, -0.05) is 126 Å². The largest absolute Gasteiger partial charge is 0.233 e. The second kappa shape index (κ2) is 14.2.